The number of rotatable bonds is 1. The molecule has 0 aliphatic heterocycles. The zero-order valence-electron chi connectivity index (χ0n) is 3.57. The van der Waals surface area contributed by atoms with Gasteiger partial charge in [0.15, 0.2) is 0 Å². The van der Waals surface area contributed by atoms with Gasteiger partial charge in [0, 0.05) is 0 Å². The van der Waals surface area contributed by atoms with Crippen LogP contribution in [-0.4, -0.2) is 9.89 Å². The minimum atomic E-state index is 1.17. The Morgan fingerprint density at radius 3 is 2.86 bits per heavy atom. The Bertz CT molecular complexity index is 142. The summed E-state index contributed by atoms with van der Waals surface area (Å²) in [5.41, 5.74) is 6.39. The lowest BCUT2D eigenvalue weighted by Gasteiger charge is -1.77. The van der Waals surface area contributed by atoms with E-state index in [1.807, 2.05) is 0 Å². The third-order valence-electron chi connectivity index (χ3n) is 0.593. The molecule has 0 amide bonds. The summed E-state index contributed by atoms with van der Waals surface area (Å²) in [7, 11) is 0. The number of nitrogens with one attached hydrogen (secondary N) is 1. The van der Waals surface area contributed by atoms with Crippen molar-refractivity contribution in [2.24, 2.45) is 5.22 Å². The predicted molar refractivity (Wildman–Crippen MR) is 22.8 cm³/mol. The van der Waals surface area contributed by atoms with Gasteiger partial charge in [-0.05, 0) is 6.07 Å². The highest BCUT2D eigenvalue weighted by molar-refractivity contribution is 4.75. The van der Waals surface area contributed by atoms with Gasteiger partial charge in [-0.1, -0.05) is 5.22 Å². The van der Waals surface area contributed by atoms with E-state index in [4.69, 9.17) is 5.53 Å². The molecule has 4 nitrogen and oxygen atoms in total. The van der Waals surface area contributed by atoms with Crippen molar-refractivity contribution >= 4 is 0 Å². The fourth-order valence-corrected chi connectivity index (χ4v) is 0.320. The standard InChI is InChI=1S/C3H4N4/c4-6-7-3-1-2-5-7/h1-4H. The molecule has 0 unspecified atom stereocenters. The Kier molecular flexibility index (Phi) is 0.856. The van der Waals surface area contributed by atoms with Crippen molar-refractivity contribution < 1.29 is 0 Å². The molecule has 7 heavy (non-hydrogen) atoms. The van der Waals surface area contributed by atoms with E-state index >= 15 is 0 Å². The van der Waals surface area contributed by atoms with E-state index in [1.54, 1.807) is 18.5 Å². The van der Waals surface area contributed by atoms with Gasteiger partial charge in [-0.15, -0.1) is 4.79 Å². The molecule has 0 radical (unpaired) electrons. The van der Waals surface area contributed by atoms with Crippen molar-refractivity contribution in [1.82, 2.24) is 9.89 Å². The molecule has 0 fully saturated rings. The molecule has 1 aromatic heterocycles. The third-order valence-corrected chi connectivity index (χ3v) is 0.593. The van der Waals surface area contributed by atoms with Crippen LogP contribution in [0.3, 0.4) is 0 Å². The highest BCUT2D eigenvalue weighted by Gasteiger charge is 1.75. The van der Waals surface area contributed by atoms with Gasteiger partial charge in [-0.25, -0.2) is 0 Å². The van der Waals surface area contributed by atoms with E-state index in [-0.39, 0.29) is 0 Å². The first-order chi connectivity index (χ1) is 3.43. The van der Waals surface area contributed by atoms with Crippen LogP contribution in [0.25, 0.3) is 0 Å². The van der Waals surface area contributed by atoms with Crippen molar-refractivity contribution in [2.45, 2.75) is 0 Å². The van der Waals surface area contributed by atoms with Crippen LogP contribution in [0.2, 0.25) is 0 Å². The van der Waals surface area contributed by atoms with Crippen LogP contribution in [0.15, 0.2) is 23.7 Å². The first-order valence-electron chi connectivity index (χ1n) is 1.81. The minimum Gasteiger partial charge on any atom is -0.185 e. The Balaban J connectivity index is 2.96. The zero-order valence-corrected chi connectivity index (χ0v) is 3.57. The van der Waals surface area contributed by atoms with Gasteiger partial charge in [-0.2, -0.15) is 10.6 Å². The SMILES string of the molecule is N=Nn1cccn1. The summed E-state index contributed by atoms with van der Waals surface area (Å²) in [6.45, 7) is 0. The molecule has 0 aliphatic carbocycles. The van der Waals surface area contributed by atoms with E-state index < -0.39 is 0 Å². The van der Waals surface area contributed by atoms with Crippen LogP contribution < -0.4 is 0 Å². The highest BCUT2D eigenvalue weighted by atomic mass is 15.5. The second kappa shape index (κ2) is 1.51. The molecule has 0 aromatic carbocycles. The van der Waals surface area contributed by atoms with Crippen molar-refractivity contribution in [3.63, 3.8) is 0 Å². The van der Waals surface area contributed by atoms with Gasteiger partial charge in [-0.3, -0.25) is 0 Å². The molecule has 1 heterocycles. The van der Waals surface area contributed by atoms with Crippen molar-refractivity contribution in [1.29, 1.82) is 5.53 Å². The molecule has 0 atom stereocenters. The van der Waals surface area contributed by atoms with E-state index in [0.717, 1.165) is 0 Å². The molecule has 0 aliphatic rings. The monoisotopic (exact) mass is 96.0 g/mol. The van der Waals surface area contributed by atoms with Crippen LogP contribution in [0.5, 0.6) is 0 Å². The van der Waals surface area contributed by atoms with Crippen LogP contribution >= 0.6 is 0 Å². The Labute approximate surface area is 40.2 Å². The summed E-state index contributed by atoms with van der Waals surface area (Å²) in [5, 5.41) is 6.58. The summed E-state index contributed by atoms with van der Waals surface area (Å²) in [5.74, 6) is 0. The average Bonchev–Trinajstić information content (AvgIpc) is 2.14. The van der Waals surface area contributed by atoms with Gasteiger partial charge < -0.3 is 0 Å². The van der Waals surface area contributed by atoms with E-state index in [2.05, 4.69) is 10.3 Å². The summed E-state index contributed by atoms with van der Waals surface area (Å²) in [4.78, 5) is 1.17. The molecule has 0 saturated carbocycles. The lowest BCUT2D eigenvalue weighted by molar-refractivity contribution is 0.666. The largest absolute Gasteiger partial charge is 0.185 e. The highest BCUT2D eigenvalue weighted by Crippen LogP contribution is 1.78. The van der Waals surface area contributed by atoms with Crippen molar-refractivity contribution in [3.05, 3.63) is 18.5 Å². The topological polar surface area (TPSA) is 54.0 Å². The molecule has 1 aromatic rings. The molecule has 4 heteroatoms. The molecule has 0 bridgehead atoms. The summed E-state index contributed by atoms with van der Waals surface area (Å²) in [6.07, 6.45) is 3.16. The van der Waals surface area contributed by atoms with Crippen LogP contribution in [-0.2, 0) is 0 Å². The normalized spacial score (nSPS) is 8.57. The fraction of sp³-hybridized carbons (Fsp3) is 0. The van der Waals surface area contributed by atoms with Gasteiger partial charge in [0.2, 0.25) is 0 Å². The van der Waals surface area contributed by atoms with E-state index in [1.165, 1.54) is 4.79 Å². The summed E-state index contributed by atoms with van der Waals surface area (Å²) in [6, 6.07) is 1.71. The van der Waals surface area contributed by atoms with Gasteiger partial charge in [0.1, 0.15) is 0 Å². The number of hydrogen-bond acceptors (Lipinski definition) is 3. The maximum Gasteiger partial charge on any atom is 0.0529 e. The van der Waals surface area contributed by atoms with Crippen LogP contribution in [0.1, 0.15) is 0 Å². The second-order valence-electron chi connectivity index (χ2n) is 1.03. The average molecular weight is 96.1 g/mol. The molecular formula is C3H4N4. The molecule has 0 spiro atoms. The van der Waals surface area contributed by atoms with Crippen LogP contribution in [0, 0.1) is 5.53 Å². The van der Waals surface area contributed by atoms with Gasteiger partial charge in [0.25, 0.3) is 0 Å². The van der Waals surface area contributed by atoms with Crippen molar-refractivity contribution in [3.8, 4) is 0 Å². The third kappa shape index (κ3) is 0.623. The maximum atomic E-state index is 6.39. The summed E-state index contributed by atoms with van der Waals surface area (Å²) < 4.78 is 0. The van der Waals surface area contributed by atoms with Gasteiger partial charge in [0.05, 0.1) is 12.4 Å². The van der Waals surface area contributed by atoms with E-state index in [9.17, 15) is 0 Å². The zero-order chi connectivity index (χ0) is 5.11. The Morgan fingerprint density at radius 1 is 1.71 bits per heavy atom. The first kappa shape index (κ1) is 3.98. The molecule has 0 saturated heterocycles. The Morgan fingerprint density at radius 2 is 2.57 bits per heavy atom. The molecule has 1 rings (SSSR count). The smallest absolute Gasteiger partial charge is 0.0529 e. The fourth-order valence-electron chi connectivity index (χ4n) is 0.320. The predicted octanol–water partition coefficient (Wildman–Crippen LogP) is 0.677. The second-order valence-corrected chi connectivity index (χ2v) is 1.03. The number of nitrogens with zero attached hydrogens (tertiary/aromatic N) is 3. The van der Waals surface area contributed by atoms with E-state index in [0.29, 0.717) is 0 Å². The quantitative estimate of drug-likeness (QED) is 0.513. The van der Waals surface area contributed by atoms with Crippen molar-refractivity contribution in [2.75, 3.05) is 0 Å². The lowest BCUT2D eigenvalue weighted by Crippen LogP contribution is -1.82. The molecule has 36 valence electrons. The molecule has 1 N–H and O–H groups in total. The molecular weight excluding hydrogens is 92.1 g/mol. The van der Waals surface area contributed by atoms with Crippen LogP contribution in [0.4, 0.5) is 0 Å². The first-order valence-corrected chi connectivity index (χ1v) is 1.81. The number of aromatic nitrogens is 2. The summed E-state index contributed by atoms with van der Waals surface area (Å²) >= 11 is 0. The minimum absolute atomic E-state index is 1.17. The maximum absolute atomic E-state index is 6.39. The van der Waals surface area contributed by atoms with Gasteiger partial charge >= 0.3 is 0 Å². The number of hydrogen-bond donors (Lipinski definition) is 1. The Hall–Kier alpha value is -1.19. The lowest BCUT2D eigenvalue weighted by atomic mass is 10.8.